The van der Waals surface area contributed by atoms with Crippen LogP contribution in [0.3, 0.4) is 0 Å². The summed E-state index contributed by atoms with van der Waals surface area (Å²) in [5.41, 5.74) is 9.25. The van der Waals surface area contributed by atoms with Gasteiger partial charge in [-0.05, 0) is 11.6 Å². The Balaban J connectivity index is 2.11. The summed E-state index contributed by atoms with van der Waals surface area (Å²) in [6.45, 7) is 0.542. The van der Waals surface area contributed by atoms with E-state index < -0.39 is 0 Å². The fourth-order valence-corrected chi connectivity index (χ4v) is 1.51. The van der Waals surface area contributed by atoms with Crippen LogP contribution in [-0.4, -0.2) is 19.0 Å². The highest BCUT2D eigenvalue weighted by molar-refractivity contribution is 6.05. The number of benzene rings is 1. The van der Waals surface area contributed by atoms with Gasteiger partial charge in [0.1, 0.15) is 11.8 Å². The third-order valence-corrected chi connectivity index (χ3v) is 2.29. The van der Waals surface area contributed by atoms with Crippen molar-refractivity contribution in [2.45, 2.75) is 0 Å². The number of fused-ring (bicyclic) bond motifs is 1. The summed E-state index contributed by atoms with van der Waals surface area (Å²) in [4.78, 5) is 14.4. The monoisotopic (exact) mass is 230 g/mol. The van der Waals surface area contributed by atoms with Gasteiger partial charge in [0.15, 0.2) is 0 Å². The predicted molar refractivity (Wildman–Crippen MR) is 62.6 cm³/mol. The van der Waals surface area contributed by atoms with Crippen LogP contribution in [0.5, 0.6) is 0 Å². The van der Waals surface area contributed by atoms with Gasteiger partial charge in [-0.3, -0.25) is 4.79 Å². The van der Waals surface area contributed by atoms with Gasteiger partial charge in [0, 0.05) is 23.4 Å². The number of azide groups is 1. The van der Waals surface area contributed by atoms with Crippen LogP contribution in [-0.2, 0) is 0 Å². The Bertz CT molecular complexity index is 584. The molecule has 1 aromatic heterocycles. The molecule has 6 heteroatoms. The molecule has 0 unspecified atom stereocenters. The highest BCUT2D eigenvalue weighted by atomic mass is 16.3. The molecule has 0 radical (unpaired) electrons. The van der Waals surface area contributed by atoms with Crippen molar-refractivity contribution in [3.05, 3.63) is 46.5 Å². The molecule has 0 saturated heterocycles. The summed E-state index contributed by atoms with van der Waals surface area (Å²) >= 11 is 0. The van der Waals surface area contributed by atoms with E-state index in [1.54, 1.807) is 6.07 Å². The fourth-order valence-electron chi connectivity index (χ4n) is 1.51. The number of rotatable bonds is 4. The van der Waals surface area contributed by atoms with E-state index >= 15 is 0 Å². The van der Waals surface area contributed by atoms with E-state index in [-0.39, 0.29) is 12.5 Å². The van der Waals surface area contributed by atoms with Gasteiger partial charge in [0.25, 0.3) is 5.91 Å². The summed E-state index contributed by atoms with van der Waals surface area (Å²) in [5.74, 6) is -0.233. The van der Waals surface area contributed by atoms with Gasteiger partial charge in [-0.25, -0.2) is 0 Å². The molecular weight excluding hydrogens is 220 g/mol. The normalized spacial score (nSPS) is 9.88. The Labute approximate surface area is 96.8 Å². The van der Waals surface area contributed by atoms with Crippen LogP contribution in [0.1, 0.15) is 10.4 Å². The molecule has 0 aliphatic rings. The highest BCUT2D eigenvalue weighted by Crippen LogP contribution is 2.20. The van der Waals surface area contributed by atoms with Crippen LogP contribution in [0.15, 0.2) is 40.1 Å². The molecule has 86 valence electrons. The van der Waals surface area contributed by atoms with Crippen LogP contribution in [0.4, 0.5) is 0 Å². The van der Waals surface area contributed by atoms with Crippen molar-refractivity contribution in [2.75, 3.05) is 13.1 Å². The summed E-state index contributed by atoms with van der Waals surface area (Å²) in [6.07, 6.45) is 1.42. The van der Waals surface area contributed by atoms with Crippen LogP contribution in [0.2, 0.25) is 0 Å². The smallest absolute Gasteiger partial charge is 0.255 e. The van der Waals surface area contributed by atoms with E-state index in [9.17, 15) is 4.79 Å². The van der Waals surface area contributed by atoms with Crippen molar-refractivity contribution in [2.24, 2.45) is 5.11 Å². The van der Waals surface area contributed by atoms with Gasteiger partial charge < -0.3 is 9.73 Å². The lowest BCUT2D eigenvalue weighted by Crippen LogP contribution is -2.25. The summed E-state index contributed by atoms with van der Waals surface area (Å²) in [7, 11) is 0. The molecule has 1 N–H and O–H groups in total. The van der Waals surface area contributed by atoms with E-state index in [0.717, 1.165) is 5.39 Å². The second-order valence-electron chi connectivity index (χ2n) is 3.36. The SMILES string of the molecule is [N-]=[N+]=NCCNC(=O)c1coc2ccccc12. The minimum absolute atomic E-state index is 0.233. The minimum atomic E-state index is -0.233. The van der Waals surface area contributed by atoms with Crippen molar-refractivity contribution in [3.63, 3.8) is 0 Å². The van der Waals surface area contributed by atoms with Gasteiger partial charge in [-0.1, -0.05) is 23.3 Å². The summed E-state index contributed by atoms with van der Waals surface area (Å²) < 4.78 is 5.25. The zero-order valence-corrected chi connectivity index (χ0v) is 8.96. The van der Waals surface area contributed by atoms with Crippen molar-refractivity contribution >= 4 is 16.9 Å². The first-order valence-corrected chi connectivity index (χ1v) is 5.08. The molecule has 2 aromatic rings. The molecule has 6 nitrogen and oxygen atoms in total. The van der Waals surface area contributed by atoms with Crippen molar-refractivity contribution < 1.29 is 9.21 Å². The number of carbonyl (C=O) groups excluding carboxylic acids is 1. The molecule has 0 fully saturated rings. The zero-order chi connectivity index (χ0) is 12.1. The molecule has 0 saturated carbocycles. The van der Waals surface area contributed by atoms with Crippen molar-refractivity contribution in [1.82, 2.24) is 5.32 Å². The lowest BCUT2D eigenvalue weighted by atomic mass is 10.1. The topological polar surface area (TPSA) is 91.0 Å². The number of amides is 1. The number of nitrogens with one attached hydrogen (secondary N) is 1. The second-order valence-corrected chi connectivity index (χ2v) is 3.36. The Morgan fingerprint density at radius 3 is 3.12 bits per heavy atom. The van der Waals surface area contributed by atoms with E-state index in [4.69, 9.17) is 9.95 Å². The van der Waals surface area contributed by atoms with Gasteiger partial charge in [0.2, 0.25) is 0 Å². The largest absolute Gasteiger partial charge is 0.463 e. The van der Waals surface area contributed by atoms with Crippen molar-refractivity contribution in [3.8, 4) is 0 Å². The van der Waals surface area contributed by atoms with Crippen molar-refractivity contribution in [1.29, 1.82) is 0 Å². The third-order valence-electron chi connectivity index (χ3n) is 2.29. The molecule has 0 spiro atoms. The fraction of sp³-hybridized carbons (Fsp3) is 0.182. The molecule has 0 aliphatic heterocycles. The number of para-hydroxylation sites is 1. The molecule has 0 atom stereocenters. The number of hydrogen-bond donors (Lipinski definition) is 1. The second kappa shape index (κ2) is 5.05. The zero-order valence-electron chi connectivity index (χ0n) is 8.96. The maximum Gasteiger partial charge on any atom is 0.255 e. The van der Waals surface area contributed by atoms with Gasteiger partial charge in [-0.15, -0.1) is 0 Å². The molecule has 2 rings (SSSR count). The first-order valence-electron chi connectivity index (χ1n) is 5.08. The van der Waals surface area contributed by atoms with Crippen LogP contribution >= 0.6 is 0 Å². The first kappa shape index (κ1) is 11.0. The number of hydrogen-bond acceptors (Lipinski definition) is 3. The number of nitrogens with zero attached hydrogens (tertiary/aromatic N) is 3. The molecule has 1 amide bonds. The Morgan fingerprint density at radius 1 is 1.47 bits per heavy atom. The Hall–Kier alpha value is -2.46. The molecule has 0 aliphatic carbocycles. The number of carbonyl (C=O) groups is 1. The Morgan fingerprint density at radius 2 is 2.29 bits per heavy atom. The summed E-state index contributed by atoms with van der Waals surface area (Å²) in [6, 6.07) is 7.30. The minimum Gasteiger partial charge on any atom is -0.463 e. The molecule has 0 bridgehead atoms. The van der Waals surface area contributed by atoms with E-state index in [0.29, 0.717) is 17.7 Å². The van der Waals surface area contributed by atoms with E-state index in [2.05, 4.69) is 15.3 Å². The molecule has 1 heterocycles. The maximum absolute atomic E-state index is 11.8. The van der Waals surface area contributed by atoms with E-state index in [1.165, 1.54) is 6.26 Å². The highest BCUT2D eigenvalue weighted by Gasteiger charge is 2.12. The maximum atomic E-state index is 11.8. The lowest BCUT2D eigenvalue weighted by Gasteiger charge is -2.00. The molecular formula is C11H10N4O2. The van der Waals surface area contributed by atoms with Gasteiger partial charge in [-0.2, -0.15) is 0 Å². The third kappa shape index (κ3) is 2.38. The van der Waals surface area contributed by atoms with Gasteiger partial charge in [0.05, 0.1) is 5.56 Å². The molecule has 1 aromatic carbocycles. The average molecular weight is 230 g/mol. The summed E-state index contributed by atoms with van der Waals surface area (Å²) in [5, 5.41) is 6.75. The van der Waals surface area contributed by atoms with Crippen LogP contribution in [0.25, 0.3) is 21.4 Å². The predicted octanol–water partition coefficient (Wildman–Crippen LogP) is 2.47. The quantitative estimate of drug-likeness (QED) is 0.378. The van der Waals surface area contributed by atoms with Gasteiger partial charge >= 0.3 is 0 Å². The van der Waals surface area contributed by atoms with E-state index in [1.807, 2.05) is 18.2 Å². The Kier molecular flexibility index (Phi) is 3.28. The number of furan rings is 1. The van der Waals surface area contributed by atoms with Crippen LogP contribution < -0.4 is 5.32 Å². The standard InChI is InChI=1S/C11H10N4O2/c12-15-14-6-5-13-11(16)9-7-17-10-4-2-1-3-8(9)10/h1-4,7H,5-6H2,(H,13,16). The first-order chi connectivity index (χ1) is 8.33. The van der Waals surface area contributed by atoms with Crippen LogP contribution in [0, 0.1) is 0 Å². The average Bonchev–Trinajstić information content (AvgIpc) is 2.78. The molecule has 17 heavy (non-hydrogen) atoms. The lowest BCUT2D eigenvalue weighted by molar-refractivity contribution is 0.0955.